The second kappa shape index (κ2) is 8.15. The van der Waals surface area contributed by atoms with Gasteiger partial charge in [-0.05, 0) is 31.0 Å². The molecule has 1 saturated carbocycles. The molecule has 0 aromatic heterocycles. The van der Waals surface area contributed by atoms with Gasteiger partial charge in [0.2, 0.25) is 5.91 Å². The summed E-state index contributed by atoms with van der Waals surface area (Å²) >= 11 is 0. The number of hydrogen-bond donors (Lipinski definition) is 1. The van der Waals surface area contributed by atoms with Crippen LogP contribution in [0.25, 0.3) is 0 Å². The molecule has 2 aromatic rings. The van der Waals surface area contributed by atoms with Crippen LogP contribution in [0.15, 0.2) is 48.5 Å². The molecule has 1 aliphatic carbocycles. The Labute approximate surface area is 170 Å². The molecule has 0 spiro atoms. The fourth-order valence-corrected chi connectivity index (χ4v) is 3.97. The molecule has 0 unspecified atom stereocenters. The Hall–Kier alpha value is -3.02. The van der Waals surface area contributed by atoms with Crippen LogP contribution in [0.1, 0.15) is 34.7 Å². The summed E-state index contributed by atoms with van der Waals surface area (Å²) < 4.78 is 10.9. The van der Waals surface area contributed by atoms with E-state index in [2.05, 4.69) is 5.32 Å². The summed E-state index contributed by atoms with van der Waals surface area (Å²) in [7, 11) is 3.22. The number of nitrogens with one attached hydrogen (secondary N) is 1. The fraction of sp³-hybridized carbons (Fsp3) is 0.391. The molecule has 4 rings (SSSR count). The highest BCUT2D eigenvalue weighted by Crippen LogP contribution is 2.40. The minimum atomic E-state index is -0.314. The van der Waals surface area contributed by atoms with Gasteiger partial charge in [-0.3, -0.25) is 9.59 Å². The van der Waals surface area contributed by atoms with Gasteiger partial charge in [0.05, 0.1) is 20.1 Å². The summed E-state index contributed by atoms with van der Waals surface area (Å²) in [5.41, 5.74) is 1.56. The first-order valence-electron chi connectivity index (χ1n) is 9.97. The zero-order valence-corrected chi connectivity index (χ0v) is 16.8. The van der Waals surface area contributed by atoms with E-state index >= 15 is 0 Å². The number of nitrogens with zero attached hydrogens (tertiary/aromatic N) is 1. The molecule has 2 aliphatic rings. The van der Waals surface area contributed by atoms with Crippen molar-refractivity contribution in [2.24, 2.45) is 5.92 Å². The van der Waals surface area contributed by atoms with Gasteiger partial charge in [0.15, 0.2) is 0 Å². The first-order valence-corrected chi connectivity index (χ1v) is 9.97. The molecule has 2 amide bonds. The van der Waals surface area contributed by atoms with Crippen molar-refractivity contribution in [1.29, 1.82) is 0 Å². The van der Waals surface area contributed by atoms with Crippen LogP contribution in [0, 0.1) is 5.92 Å². The Kier molecular flexibility index (Phi) is 5.43. The zero-order chi connectivity index (χ0) is 20.4. The molecule has 152 valence electrons. The normalized spacial score (nSPS) is 21.0. The average Bonchev–Trinajstić information content (AvgIpc) is 3.47. The molecule has 2 atom stereocenters. The third-order valence-corrected chi connectivity index (χ3v) is 5.73. The largest absolute Gasteiger partial charge is 0.497 e. The molecule has 6 heteroatoms. The maximum Gasteiger partial charge on any atom is 0.253 e. The first kappa shape index (κ1) is 19.3. The summed E-state index contributed by atoms with van der Waals surface area (Å²) in [6.07, 6.45) is 2.06. The van der Waals surface area contributed by atoms with Gasteiger partial charge in [0.1, 0.15) is 11.5 Å². The summed E-state index contributed by atoms with van der Waals surface area (Å²) in [6.45, 7) is 0.866. The fourth-order valence-electron chi connectivity index (χ4n) is 3.97. The Morgan fingerprint density at radius 1 is 1.00 bits per heavy atom. The van der Waals surface area contributed by atoms with Gasteiger partial charge in [0.25, 0.3) is 5.91 Å². The van der Waals surface area contributed by atoms with Crippen molar-refractivity contribution in [3.63, 3.8) is 0 Å². The number of hydrogen-bond acceptors (Lipinski definition) is 4. The highest BCUT2D eigenvalue weighted by Gasteiger charge is 2.43. The predicted octanol–water partition coefficient (Wildman–Crippen LogP) is 2.84. The molecule has 1 aliphatic heterocycles. The smallest absolute Gasteiger partial charge is 0.253 e. The van der Waals surface area contributed by atoms with Gasteiger partial charge in [-0.1, -0.05) is 24.3 Å². The van der Waals surface area contributed by atoms with Crippen molar-refractivity contribution in [3.05, 3.63) is 59.7 Å². The van der Waals surface area contributed by atoms with Gasteiger partial charge >= 0.3 is 0 Å². The van der Waals surface area contributed by atoms with Gasteiger partial charge in [0, 0.05) is 42.2 Å². The Morgan fingerprint density at radius 3 is 2.41 bits per heavy atom. The maximum atomic E-state index is 13.0. The summed E-state index contributed by atoms with van der Waals surface area (Å²) in [4.78, 5) is 27.8. The number of carbonyl (C=O) groups is 2. The third-order valence-electron chi connectivity index (χ3n) is 5.73. The summed E-state index contributed by atoms with van der Waals surface area (Å²) in [5.74, 6) is 0.878. The lowest BCUT2D eigenvalue weighted by Gasteiger charge is -2.21. The monoisotopic (exact) mass is 394 g/mol. The second-order valence-corrected chi connectivity index (χ2v) is 7.68. The summed E-state index contributed by atoms with van der Waals surface area (Å²) in [5, 5.41) is 3.11. The van der Waals surface area contributed by atoms with Crippen LogP contribution >= 0.6 is 0 Å². The van der Waals surface area contributed by atoms with E-state index < -0.39 is 0 Å². The van der Waals surface area contributed by atoms with E-state index in [9.17, 15) is 9.59 Å². The van der Waals surface area contributed by atoms with Gasteiger partial charge in [-0.2, -0.15) is 0 Å². The number of likely N-dealkylation sites (tertiary alicyclic amines) is 1. The van der Waals surface area contributed by atoms with Crippen molar-refractivity contribution in [2.75, 3.05) is 27.3 Å². The number of methoxy groups -OCH3 is 2. The standard InChI is InChI=1S/C23H26N2O4/c1-28-17-10-11-18(21(12-17)29-2)19-13-25(23(27)15-6-4-3-5-7-15)14-20(19)22(26)24-16-8-9-16/h3-7,10-12,16,19-20H,8-9,13-14H2,1-2H3,(H,24,26)/t19-,20+/m1/s1. The molecule has 6 nitrogen and oxygen atoms in total. The minimum absolute atomic E-state index is 0.0127. The molecular weight excluding hydrogens is 368 g/mol. The predicted molar refractivity (Wildman–Crippen MR) is 109 cm³/mol. The van der Waals surface area contributed by atoms with Gasteiger partial charge < -0.3 is 19.7 Å². The second-order valence-electron chi connectivity index (χ2n) is 7.68. The average molecular weight is 394 g/mol. The highest BCUT2D eigenvalue weighted by molar-refractivity contribution is 5.95. The van der Waals surface area contributed by atoms with E-state index in [1.165, 1.54) is 0 Å². The van der Waals surface area contributed by atoms with Crippen molar-refractivity contribution in [3.8, 4) is 11.5 Å². The molecule has 29 heavy (non-hydrogen) atoms. The molecule has 0 bridgehead atoms. The third kappa shape index (κ3) is 4.06. The van der Waals surface area contributed by atoms with Crippen LogP contribution < -0.4 is 14.8 Å². The highest BCUT2D eigenvalue weighted by atomic mass is 16.5. The molecule has 1 saturated heterocycles. The minimum Gasteiger partial charge on any atom is -0.497 e. The molecule has 2 fully saturated rings. The van der Waals surface area contributed by atoms with Gasteiger partial charge in [-0.25, -0.2) is 0 Å². The Bertz CT molecular complexity index is 895. The van der Waals surface area contributed by atoms with Gasteiger partial charge in [-0.15, -0.1) is 0 Å². The van der Waals surface area contributed by atoms with Crippen LogP contribution in [0.3, 0.4) is 0 Å². The number of rotatable bonds is 6. The van der Waals surface area contributed by atoms with Crippen LogP contribution in [0.4, 0.5) is 0 Å². The Morgan fingerprint density at radius 2 is 1.76 bits per heavy atom. The van der Waals surface area contributed by atoms with Crippen LogP contribution in [-0.2, 0) is 4.79 Å². The van der Waals surface area contributed by atoms with Crippen molar-refractivity contribution < 1.29 is 19.1 Å². The SMILES string of the molecule is COc1ccc([C@H]2CN(C(=O)c3ccccc3)C[C@@H]2C(=O)NC2CC2)c(OC)c1. The topological polar surface area (TPSA) is 67.9 Å². The van der Waals surface area contributed by atoms with E-state index in [1.54, 1.807) is 19.1 Å². The molecule has 2 aromatic carbocycles. The lowest BCUT2D eigenvalue weighted by molar-refractivity contribution is -0.125. The van der Waals surface area contributed by atoms with E-state index in [1.807, 2.05) is 48.5 Å². The summed E-state index contributed by atoms with van der Waals surface area (Å²) in [6, 6.07) is 15.1. The van der Waals surface area contributed by atoms with E-state index in [0.29, 0.717) is 30.2 Å². The van der Waals surface area contributed by atoms with E-state index in [0.717, 1.165) is 18.4 Å². The quantitative estimate of drug-likeness (QED) is 0.818. The first-order chi connectivity index (χ1) is 14.1. The molecule has 0 radical (unpaired) electrons. The zero-order valence-electron chi connectivity index (χ0n) is 16.8. The Balaban J connectivity index is 1.64. The number of amides is 2. The molecule has 1 N–H and O–H groups in total. The van der Waals surface area contributed by atoms with Crippen LogP contribution in [0.5, 0.6) is 11.5 Å². The lowest BCUT2D eigenvalue weighted by Crippen LogP contribution is -2.36. The number of benzene rings is 2. The van der Waals surface area contributed by atoms with Crippen LogP contribution in [0.2, 0.25) is 0 Å². The number of carbonyl (C=O) groups excluding carboxylic acids is 2. The van der Waals surface area contributed by atoms with Crippen molar-refractivity contribution in [2.45, 2.75) is 24.8 Å². The van der Waals surface area contributed by atoms with E-state index in [4.69, 9.17) is 9.47 Å². The molecular formula is C23H26N2O4. The van der Waals surface area contributed by atoms with Crippen molar-refractivity contribution >= 4 is 11.8 Å². The van der Waals surface area contributed by atoms with Crippen LogP contribution in [-0.4, -0.2) is 50.1 Å². The maximum absolute atomic E-state index is 13.0. The molecule has 1 heterocycles. The number of ether oxygens (including phenoxy) is 2. The van der Waals surface area contributed by atoms with Crippen molar-refractivity contribution in [1.82, 2.24) is 10.2 Å². The van der Waals surface area contributed by atoms with E-state index in [-0.39, 0.29) is 29.7 Å². The lowest BCUT2D eigenvalue weighted by atomic mass is 9.87.